The number of benzene rings is 1. The van der Waals surface area contributed by atoms with Gasteiger partial charge in [0.15, 0.2) is 0 Å². The summed E-state index contributed by atoms with van der Waals surface area (Å²) in [5.74, 6) is -0.620. The Morgan fingerprint density at radius 3 is 2.41 bits per heavy atom. The minimum absolute atomic E-state index is 0.0549. The predicted octanol–water partition coefficient (Wildman–Crippen LogP) is 4.85. The van der Waals surface area contributed by atoms with Crippen molar-refractivity contribution in [3.63, 3.8) is 0 Å². The maximum absolute atomic E-state index is 14.2. The average molecular weight is 604 g/mol. The number of amides is 1. The highest BCUT2D eigenvalue weighted by atomic mass is 32.2. The molecule has 3 aliphatic rings. The quantitative estimate of drug-likeness (QED) is 0.347. The molecule has 5 rings (SSSR count). The zero-order valence-electron chi connectivity index (χ0n) is 24.4. The van der Waals surface area contributed by atoms with Gasteiger partial charge in [-0.25, -0.2) is 12.8 Å². The van der Waals surface area contributed by atoms with E-state index in [1.807, 2.05) is 32.2 Å². The molecule has 2 heterocycles. The SMILES string of the molecule is Cc1ccsc1CN(Cc1ccc(F)cc1)C(=O)CN(CCN1CCCC1)S(=O)(=O)CC12CCC(CC1=O)C2(C)C. The molecular weight excluding hydrogens is 561 g/mol. The standard InChI is InChI=1S/C31H42FN3O4S2/c1-23-11-17-40-27(23)20-34(19-24-6-8-26(32)9-7-24)29(37)21-35(16-15-33-13-4-5-14-33)41(38,39)22-31-12-10-25(18-28(31)36)30(31,2)3/h6-9,11,17,25H,4-5,10,12-16,18-22H2,1-3H3. The third-order valence-corrected chi connectivity index (χ3v) is 13.0. The van der Waals surface area contributed by atoms with Gasteiger partial charge in [0, 0.05) is 36.3 Å². The van der Waals surface area contributed by atoms with Crippen LogP contribution in [0.1, 0.15) is 62.0 Å². The van der Waals surface area contributed by atoms with Gasteiger partial charge in [-0.1, -0.05) is 26.0 Å². The molecular formula is C31H42FN3O4S2. The summed E-state index contributed by atoms with van der Waals surface area (Å²) in [6.45, 7) is 9.00. The van der Waals surface area contributed by atoms with Crippen molar-refractivity contribution >= 4 is 33.1 Å². The molecule has 3 fully saturated rings. The first kappa shape index (κ1) is 30.3. The Morgan fingerprint density at radius 1 is 1.12 bits per heavy atom. The molecule has 0 spiro atoms. The number of Topliss-reactive ketones (excluding diaryl/α,β-unsaturated/α-hetero) is 1. The molecule has 7 nitrogen and oxygen atoms in total. The Balaban J connectivity index is 1.40. The van der Waals surface area contributed by atoms with Gasteiger partial charge in [-0.2, -0.15) is 4.31 Å². The maximum atomic E-state index is 14.2. The number of aryl methyl sites for hydroxylation is 1. The summed E-state index contributed by atoms with van der Waals surface area (Å²) in [6.07, 6.45) is 4.08. The molecule has 1 saturated heterocycles. The van der Waals surface area contributed by atoms with Crippen molar-refractivity contribution in [3.05, 3.63) is 57.5 Å². The number of hydrogen-bond acceptors (Lipinski definition) is 6. The third-order valence-electron chi connectivity index (χ3n) is 10.1. The second kappa shape index (κ2) is 11.9. The van der Waals surface area contributed by atoms with Crippen molar-refractivity contribution in [1.29, 1.82) is 0 Å². The second-order valence-electron chi connectivity index (χ2n) is 12.7. The Hall–Kier alpha value is -2.14. The monoisotopic (exact) mass is 603 g/mol. The number of halogens is 1. The van der Waals surface area contributed by atoms with Gasteiger partial charge in [0.2, 0.25) is 15.9 Å². The summed E-state index contributed by atoms with van der Waals surface area (Å²) in [5.41, 5.74) is 0.567. The molecule has 1 aromatic carbocycles. The molecule has 2 bridgehead atoms. The number of likely N-dealkylation sites (tertiary alicyclic amines) is 1. The van der Waals surface area contributed by atoms with E-state index in [9.17, 15) is 22.4 Å². The lowest BCUT2D eigenvalue weighted by molar-refractivity contribution is -0.132. The van der Waals surface area contributed by atoms with Crippen molar-refractivity contribution in [2.75, 3.05) is 38.5 Å². The van der Waals surface area contributed by atoms with Crippen LogP contribution in [-0.4, -0.2) is 72.7 Å². The van der Waals surface area contributed by atoms with Gasteiger partial charge in [0.1, 0.15) is 11.6 Å². The molecule has 10 heteroatoms. The number of nitrogens with zero attached hydrogens (tertiary/aromatic N) is 3. The zero-order chi connectivity index (χ0) is 29.4. The lowest BCUT2D eigenvalue weighted by atomic mass is 9.70. The number of ketones is 1. The molecule has 2 unspecified atom stereocenters. The van der Waals surface area contributed by atoms with Crippen LogP contribution >= 0.6 is 11.3 Å². The van der Waals surface area contributed by atoms with Crippen molar-refractivity contribution in [3.8, 4) is 0 Å². The highest BCUT2D eigenvalue weighted by molar-refractivity contribution is 7.89. The van der Waals surface area contributed by atoms with E-state index in [0.29, 0.717) is 25.9 Å². The van der Waals surface area contributed by atoms with E-state index < -0.39 is 15.4 Å². The smallest absolute Gasteiger partial charge is 0.238 e. The first-order valence-corrected chi connectivity index (χ1v) is 17.2. The van der Waals surface area contributed by atoms with E-state index in [2.05, 4.69) is 4.90 Å². The Morgan fingerprint density at radius 2 is 1.83 bits per heavy atom. The summed E-state index contributed by atoms with van der Waals surface area (Å²) < 4.78 is 43.3. The lowest BCUT2D eigenvalue weighted by Crippen LogP contribution is -2.50. The van der Waals surface area contributed by atoms with Crippen molar-refractivity contribution in [1.82, 2.24) is 14.1 Å². The largest absolute Gasteiger partial charge is 0.332 e. The predicted molar refractivity (Wildman–Crippen MR) is 159 cm³/mol. The molecule has 1 amide bonds. The molecule has 2 aliphatic carbocycles. The van der Waals surface area contributed by atoms with Crippen LogP contribution in [0.25, 0.3) is 0 Å². The molecule has 0 N–H and O–H groups in total. The van der Waals surface area contributed by atoms with E-state index in [0.717, 1.165) is 48.4 Å². The zero-order valence-corrected chi connectivity index (χ0v) is 26.0. The summed E-state index contributed by atoms with van der Waals surface area (Å²) >= 11 is 1.56. The van der Waals surface area contributed by atoms with Crippen LogP contribution in [0.15, 0.2) is 35.7 Å². The molecule has 2 saturated carbocycles. The lowest BCUT2D eigenvalue weighted by Gasteiger charge is -2.38. The number of carbonyl (C=O) groups excluding carboxylic acids is 2. The minimum Gasteiger partial charge on any atom is -0.332 e. The number of sulfonamides is 1. The minimum atomic E-state index is -3.93. The summed E-state index contributed by atoms with van der Waals surface area (Å²) in [6, 6.07) is 8.05. The van der Waals surface area contributed by atoms with Gasteiger partial charge in [-0.3, -0.25) is 9.59 Å². The molecule has 41 heavy (non-hydrogen) atoms. The van der Waals surface area contributed by atoms with Gasteiger partial charge < -0.3 is 9.80 Å². The van der Waals surface area contributed by atoms with Gasteiger partial charge in [-0.15, -0.1) is 11.3 Å². The van der Waals surface area contributed by atoms with E-state index in [4.69, 9.17) is 0 Å². The van der Waals surface area contributed by atoms with Crippen LogP contribution in [-0.2, 0) is 32.7 Å². The van der Waals surface area contributed by atoms with Crippen LogP contribution in [0.3, 0.4) is 0 Å². The van der Waals surface area contributed by atoms with Crippen LogP contribution in [0.5, 0.6) is 0 Å². The topological polar surface area (TPSA) is 78.0 Å². The van der Waals surface area contributed by atoms with Crippen LogP contribution in [0, 0.1) is 29.5 Å². The average Bonchev–Trinajstić information content (AvgIpc) is 3.67. The highest BCUT2D eigenvalue weighted by Gasteiger charge is 2.65. The molecule has 1 aliphatic heterocycles. The summed E-state index contributed by atoms with van der Waals surface area (Å²) in [4.78, 5) is 32.1. The fourth-order valence-corrected chi connectivity index (χ4v) is 10.2. The number of hydrogen-bond donors (Lipinski definition) is 0. The first-order valence-electron chi connectivity index (χ1n) is 14.7. The summed E-state index contributed by atoms with van der Waals surface area (Å²) in [7, 11) is -3.93. The fraction of sp³-hybridized carbons (Fsp3) is 0.613. The van der Waals surface area contributed by atoms with E-state index >= 15 is 0 Å². The normalized spacial score (nSPS) is 24.0. The number of fused-ring (bicyclic) bond motifs is 2. The molecule has 224 valence electrons. The van der Waals surface area contributed by atoms with E-state index in [-0.39, 0.29) is 54.2 Å². The molecule has 1 aromatic heterocycles. The van der Waals surface area contributed by atoms with Crippen molar-refractivity contribution < 1.29 is 22.4 Å². The Bertz CT molecular complexity index is 1370. The number of rotatable bonds is 12. The van der Waals surface area contributed by atoms with Crippen molar-refractivity contribution in [2.45, 2.75) is 66.0 Å². The van der Waals surface area contributed by atoms with Gasteiger partial charge >= 0.3 is 0 Å². The first-order chi connectivity index (χ1) is 19.4. The van der Waals surface area contributed by atoms with E-state index in [1.54, 1.807) is 28.4 Å². The third kappa shape index (κ3) is 6.17. The maximum Gasteiger partial charge on any atom is 0.238 e. The van der Waals surface area contributed by atoms with E-state index in [1.165, 1.54) is 16.4 Å². The Kier molecular flexibility index (Phi) is 8.77. The van der Waals surface area contributed by atoms with Gasteiger partial charge in [0.25, 0.3) is 0 Å². The fourth-order valence-electron chi connectivity index (χ4n) is 7.12. The number of thiophene rings is 1. The molecule has 0 radical (unpaired) electrons. The van der Waals surface area contributed by atoms with Gasteiger partial charge in [0.05, 0.1) is 18.8 Å². The van der Waals surface area contributed by atoms with Crippen LogP contribution in [0.4, 0.5) is 4.39 Å². The molecule has 2 aromatic rings. The Labute approximate surface area is 247 Å². The number of carbonyl (C=O) groups is 2. The van der Waals surface area contributed by atoms with Crippen LogP contribution in [0.2, 0.25) is 0 Å². The summed E-state index contributed by atoms with van der Waals surface area (Å²) in [5, 5.41) is 1.98. The van der Waals surface area contributed by atoms with Gasteiger partial charge in [-0.05, 0) is 91.7 Å². The molecule has 2 atom stereocenters. The second-order valence-corrected chi connectivity index (χ2v) is 15.7. The highest BCUT2D eigenvalue weighted by Crippen LogP contribution is 2.64. The van der Waals surface area contributed by atoms with Crippen molar-refractivity contribution in [2.24, 2.45) is 16.7 Å². The van der Waals surface area contributed by atoms with Crippen LogP contribution < -0.4 is 0 Å².